The third-order valence-corrected chi connectivity index (χ3v) is 4.55. The fourth-order valence-corrected chi connectivity index (χ4v) is 3.23. The van der Waals surface area contributed by atoms with E-state index in [0.29, 0.717) is 17.9 Å². The lowest BCUT2D eigenvalue weighted by Crippen LogP contribution is -2.26. The molecule has 3 nitrogen and oxygen atoms in total. The molecular weight excluding hydrogens is 318 g/mol. The zero-order chi connectivity index (χ0) is 17.4. The van der Waals surface area contributed by atoms with Gasteiger partial charge in [0.1, 0.15) is 5.75 Å². The number of hydrogen-bond donors (Lipinski definition) is 1. The van der Waals surface area contributed by atoms with Gasteiger partial charge in [-0.1, -0.05) is 36.4 Å². The van der Waals surface area contributed by atoms with Gasteiger partial charge in [-0.15, -0.1) is 0 Å². The van der Waals surface area contributed by atoms with E-state index < -0.39 is 0 Å². The van der Waals surface area contributed by atoms with Gasteiger partial charge in [-0.25, -0.2) is 0 Å². The fourth-order valence-electron chi connectivity index (χ4n) is 2.30. The van der Waals surface area contributed by atoms with Crippen molar-refractivity contribution in [2.45, 2.75) is 32.6 Å². The first-order valence-electron chi connectivity index (χ1n) is 8.24. The summed E-state index contributed by atoms with van der Waals surface area (Å²) in [6, 6.07) is 15.8. The molecule has 2 aromatic rings. The van der Waals surface area contributed by atoms with Crippen LogP contribution in [0.3, 0.4) is 0 Å². The Labute approximate surface area is 148 Å². The number of rotatable bonds is 8. The van der Waals surface area contributed by atoms with E-state index in [0.717, 1.165) is 11.5 Å². The Balaban J connectivity index is 1.78. The van der Waals surface area contributed by atoms with Crippen LogP contribution in [0.2, 0.25) is 0 Å². The second-order valence-corrected chi connectivity index (χ2v) is 7.00. The van der Waals surface area contributed by atoms with Crippen molar-refractivity contribution in [1.82, 2.24) is 5.32 Å². The van der Waals surface area contributed by atoms with Gasteiger partial charge in [0.05, 0.1) is 11.7 Å². The van der Waals surface area contributed by atoms with Gasteiger partial charge in [-0.3, -0.25) is 4.79 Å². The number of carbonyl (C=O) groups is 1. The summed E-state index contributed by atoms with van der Waals surface area (Å²) in [4.78, 5) is 12.3. The van der Waals surface area contributed by atoms with Crippen molar-refractivity contribution in [2.75, 3.05) is 12.3 Å². The molecule has 0 aliphatic carbocycles. The number of ether oxygens (including phenoxy) is 1. The number of benzene rings is 2. The fraction of sp³-hybridized carbons (Fsp3) is 0.350. The topological polar surface area (TPSA) is 38.3 Å². The number of amides is 1. The summed E-state index contributed by atoms with van der Waals surface area (Å²) < 4.78 is 5.70. The van der Waals surface area contributed by atoms with E-state index in [1.807, 2.05) is 43.8 Å². The Kier molecular flexibility index (Phi) is 7.19. The highest BCUT2D eigenvalue weighted by molar-refractivity contribution is 7.98. The molecule has 0 saturated carbocycles. The molecular formula is C20H25NO2S. The van der Waals surface area contributed by atoms with E-state index in [4.69, 9.17) is 4.74 Å². The molecule has 0 bridgehead atoms. The molecule has 128 valence electrons. The number of aryl methyl sites for hydroxylation is 1. The molecule has 0 aromatic heterocycles. The van der Waals surface area contributed by atoms with Crippen molar-refractivity contribution in [3.63, 3.8) is 0 Å². The van der Waals surface area contributed by atoms with E-state index in [1.165, 1.54) is 11.1 Å². The third kappa shape index (κ3) is 5.60. The van der Waals surface area contributed by atoms with E-state index in [9.17, 15) is 4.79 Å². The Morgan fingerprint density at radius 3 is 2.58 bits per heavy atom. The highest BCUT2D eigenvalue weighted by Gasteiger charge is 2.12. The zero-order valence-electron chi connectivity index (χ0n) is 14.5. The van der Waals surface area contributed by atoms with Gasteiger partial charge in [0.15, 0.2) is 0 Å². The summed E-state index contributed by atoms with van der Waals surface area (Å²) in [5.41, 5.74) is 3.26. The van der Waals surface area contributed by atoms with Crippen LogP contribution in [0.5, 0.6) is 5.75 Å². The van der Waals surface area contributed by atoms with Gasteiger partial charge in [0, 0.05) is 18.1 Å². The molecule has 0 spiro atoms. The summed E-state index contributed by atoms with van der Waals surface area (Å²) in [5.74, 6) is 2.41. The highest BCUT2D eigenvalue weighted by atomic mass is 32.2. The maximum Gasteiger partial charge on any atom is 0.255 e. The molecule has 2 aromatic carbocycles. The Bertz CT molecular complexity index is 670. The van der Waals surface area contributed by atoms with Crippen LogP contribution >= 0.6 is 11.8 Å². The quantitative estimate of drug-likeness (QED) is 0.720. The molecule has 0 fully saturated rings. The van der Waals surface area contributed by atoms with Crippen molar-refractivity contribution in [3.8, 4) is 5.75 Å². The minimum atomic E-state index is -0.0808. The van der Waals surface area contributed by atoms with Crippen LogP contribution in [0, 0.1) is 6.92 Å². The Morgan fingerprint density at radius 1 is 1.12 bits per heavy atom. The van der Waals surface area contributed by atoms with Gasteiger partial charge in [0.2, 0.25) is 0 Å². The largest absolute Gasteiger partial charge is 0.490 e. The molecule has 0 aliphatic rings. The molecule has 24 heavy (non-hydrogen) atoms. The number of hydrogen-bond acceptors (Lipinski definition) is 3. The van der Waals surface area contributed by atoms with Crippen LogP contribution in [-0.4, -0.2) is 24.3 Å². The minimum absolute atomic E-state index is 0.0450. The summed E-state index contributed by atoms with van der Waals surface area (Å²) in [6.07, 6.45) is 0.0450. The van der Waals surface area contributed by atoms with Crippen LogP contribution in [-0.2, 0) is 5.75 Å². The molecule has 0 atom stereocenters. The summed E-state index contributed by atoms with van der Waals surface area (Å²) in [5, 5.41) is 2.97. The zero-order valence-corrected chi connectivity index (χ0v) is 15.4. The average Bonchev–Trinajstić information content (AvgIpc) is 2.56. The van der Waals surface area contributed by atoms with Crippen LogP contribution in [0.15, 0.2) is 48.5 Å². The number of para-hydroxylation sites is 1. The van der Waals surface area contributed by atoms with E-state index >= 15 is 0 Å². The van der Waals surface area contributed by atoms with E-state index in [1.54, 1.807) is 6.07 Å². The van der Waals surface area contributed by atoms with Crippen molar-refractivity contribution >= 4 is 17.7 Å². The lowest BCUT2D eigenvalue weighted by atomic mass is 10.1. The number of nitrogens with one attached hydrogen (secondary N) is 1. The molecule has 4 heteroatoms. The molecule has 1 N–H and O–H groups in total. The van der Waals surface area contributed by atoms with Gasteiger partial charge in [0.25, 0.3) is 5.91 Å². The molecule has 0 aliphatic heterocycles. The normalized spacial score (nSPS) is 10.7. The van der Waals surface area contributed by atoms with Gasteiger partial charge < -0.3 is 10.1 Å². The van der Waals surface area contributed by atoms with E-state index in [-0.39, 0.29) is 12.0 Å². The molecule has 1 amide bonds. The second-order valence-electron chi connectivity index (χ2n) is 5.90. The predicted molar refractivity (Wildman–Crippen MR) is 102 cm³/mol. The summed E-state index contributed by atoms with van der Waals surface area (Å²) in [6.45, 7) is 6.68. The van der Waals surface area contributed by atoms with Crippen LogP contribution in [0.4, 0.5) is 0 Å². The van der Waals surface area contributed by atoms with Crippen LogP contribution in [0.1, 0.15) is 35.3 Å². The first kappa shape index (κ1) is 18.4. The molecule has 2 rings (SSSR count). The third-order valence-electron chi connectivity index (χ3n) is 3.55. The lowest BCUT2D eigenvalue weighted by molar-refractivity contribution is 0.0950. The SMILES string of the molecule is Cc1ccccc1CSCCNC(=O)c1ccccc1OC(C)C. The van der Waals surface area contributed by atoms with Crippen molar-refractivity contribution in [3.05, 3.63) is 65.2 Å². The van der Waals surface area contributed by atoms with Crippen molar-refractivity contribution < 1.29 is 9.53 Å². The molecule has 0 heterocycles. The second kappa shape index (κ2) is 9.38. The summed E-state index contributed by atoms with van der Waals surface area (Å²) >= 11 is 1.83. The Morgan fingerprint density at radius 2 is 1.83 bits per heavy atom. The Hall–Kier alpha value is -1.94. The first-order chi connectivity index (χ1) is 11.6. The monoisotopic (exact) mass is 343 g/mol. The van der Waals surface area contributed by atoms with Crippen molar-refractivity contribution in [2.24, 2.45) is 0 Å². The van der Waals surface area contributed by atoms with Crippen LogP contribution in [0.25, 0.3) is 0 Å². The molecule has 0 radical (unpaired) electrons. The first-order valence-corrected chi connectivity index (χ1v) is 9.39. The van der Waals surface area contributed by atoms with Gasteiger partial charge in [-0.2, -0.15) is 11.8 Å². The standard InChI is InChI=1S/C20H25NO2S/c1-15(2)23-19-11-7-6-10-18(19)20(22)21-12-13-24-14-17-9-5-4-8-16(17)3/h4-11,15H,12-14H2,1-3H3,(H,21,22). The maximum absolute atomic E-state index is 12.3. The summed E-state index contributed by atoms with van der Waals surface area (Å²) in [7, 11) is 0. The number of carbonyl (C=O) groups excluding carboxylic acids is 1. The van der Waals surface area contributed by atoms with E-state index in [2.05, 4.69) is 36.5 Å². The molecule has 0 saturated heterocycles. The lowest BCUT2D eigenvalue weighted by Gasteiger charge is -2.14. The van der Waals surface area contributed by atoms with Crippen LogP contribution < -0.4 is 10.1 Å². The van der Waals surface area contributed by atoms with Gasteiger partial charge >= 0.3 is 0 Å². The highest BCUT2D eigenvalue weighted by Crippen LogP contribution is 2.19. The maximum atomic E-state index is 12.3. The van der Waals surface area contributed by atoms with Crippen molar-refractivity contribution in [1.29, 1.82) is 0 Å². The minimum Gasteiger partial charge on any atom is -0.490 e. The number of thioether (sulfide) groups is 1. The van der Waals surface area contributed by atoms with Gasteiger partial charge in [-0.05, 0) is 44.0 Å². The molecule has 0 unspecified atom stereocenters. The predicted octanol–water partition coefficient (Wildman–Crippen LogP) is 4.45. The smallest absolute Gasteiger partial charge is 0.255 e. The average molecular weight is 343 g/mol.